The Labute approximate surface area is 133 Å². The van der Waals surface area contributed by atoms with E-state index in [1.807, 2.05) is 30.3 Å². The third-order valence-electron chi connectivity index (χ3n) is 3.07. The predicted molar refractivity (Wildman–Crippen MR) is 84.6 cm³/mol. The topological polar surface area (TPSA) is 78.7 Å². The quantitative estimate of drug-likeness (QED) is 0.352. The van der Waals surface area contributed by atoms with Crippen molar-refractivity contribution in [2.45, 2.75) is 13.0 Å². The van der Waals surface area contributed by atoms with E-state index in [9.17, 15) is 14.9 Å². The first-order valence-corrected chi connectivity index (χ1v) is 6.89. The summed E-state index contributed by atoms with van der Waals surface area (Å²) in [5.41, 5.74) is 1.51. The van der Waals surface area contributed by atoms with Gasteiger partial charge in [-0.05, 0) is 36.3 Å². The number of hydrogen-bond acceptors (Lipinski definition) is 5. The Morgan fingerprint density at radius 3 is 2.39 bits per heavy atom. The van der Waals surface area contributed by atoms with Crippen molar-refractivity contribution in [3.8, 4) is 0 Å². The van der Waals surface area contributed by atoms with Gasteiger partial charge >= 0.3 is 6.16 Å². The Morgan fingerprint density at radius 1 is 1.13 bits per heavy atom. The lowest BCUT2D eigenvalue weighted by molar-refractivity contribution is -0.384. The maximum Gasteiger partial charge on any atom is 0.513 e. The zero-order chi connectivity index (χ0) is 16.7. The molecule has 0 saturated heterocycles. The summed E-state index contributed by atoms with van der Waals surface area (Å²) in [5.74, 6) is 0. The molecule has 0 spiro atoms. The van der Waals surface area contributed by atoms with Gasteiger partial charge in [0.15, 0.2) is 0 Å². The summed E-state index contributed by atoms with van der Waals surface area (Å²) >= 11 is 0. The van der Waals surface area contributed by atoms with Crippen LogP contribution in [0.4, 0.5) is 10.5 Å². The Balaban J connectivity index is 1.87. The zero-order valence-corrected chi connectivity index (χ0v) is 12.4. The van der Waals surface area contributed by atoms with E-state index < -0.39 is 17.2 Å². The Morgan fingerprint density at radius 2 is 1.78 bits per heavy atom. The summed E-state index contributed by atoms with van der Waals surface area (Å²) in [4.78, 5) is 21.7. The largest absolute Gasteiger partial charge is 0.513 e. The van der Waals surface area contributed by atoms with Gasteiger partial charge in [0, 0.05) is 12.1 Å². The number of carbonyl (C=O) groups is 1. The minimum absolute atomic E-state index is 0.0191. The van der Waals surface area contributed by atoms with E-state index in [0.717, 1.165) is 5.56 Å². The van der Waals surface area contributed by atoms with E-state index in [4.69, 9.17) is 9.47 Å². The van der Waals surface area contributed by atoms with Crippen molar-refractivity contribution in [1.29, 1.82) is 0 Å². The van der Waals surface area contributed by atoms with Crippen molar-refractivity contribution >= 4 is 17.9 Å². The number of nitro benzene ring substituents is 1. The van der Waals surface area contributed by atoms with Crippen LogP contribution in [0.2, 0.25) is 0 Å². The third-order valence-corrected chi connectivity index (χ3v) is 3.07. The number of rotatable bonds is 5. The first-order chi connectivity index (χ1) is 11.1. The van der Waals surface area contributed by atoms with Crippen molar-refractivity contribution in [2.75, 3.05) is 0 Å². The molecule has 6 nitrogen and oxygen atoms in total. The highest BCUT2D eigenvalue weighted by Gasteiger charge is 2.13. The van der Waals surface area contributed by atoms with Crippen LogP contribution in [0.1, 0.15) is 24.2 Å². The highest BCUT2D eigenvalue weighted by atomic mass is 16.7. The molecule has 0 aromatic heterocycles. The monoisotopic (exact) mass is 313 g/mol. The van der Waals surface area contributed by atoms with Gasteiger partial charge in [-0.2, -0.15) is 0 Å². The van der Waals surface area contributed by atoms with Gasteiger partial charge in [0.2, 0.25) is 0 Å². The number of hydrogen-bond donors (Lipinski definition) is 0. The van der Waals surface area contributed by atoms with E-state index in [1.165, 1.54) is 30.5 Å². The molecule has 2 rings (SSSR count). The fraction of sp³-hybridized carbons (Fsp3) is 0.118. The van der Waals surface area contributed by atoms with Crippen LogP contribution in [-0.4, -0.2) is 11.1 Å². The van der Waals surface area contributed by atoms with Crippen LogP contribution in [0.5, 0.6) is 0 Å². The first-order valence-electron chi connectivity index (χ1n) is 6.89. The van der Waals surface area contributed by atoms with Crippen molar-refractivity contribution in [3.63, 3.8) is 0 Å². The van der Waals surface area contributed by atoms with Crippen LogP contribution in [0.15, 0.2) is 60.9 Å². The van der Waals surface area contributed by atoms with Crippen molar-refractivity contribution in [2.24, 2.45) is 0 Å². The first kappa shape index (κ1) is 16.2. The SMILES string of the molecule is CC(OC(=O)OC=Cc1ccccc1)c1ccc([N+](=O)[O-])cc1. The number of benzene rings is 2. The molecule has 1 atom stereocenters. The fourth-order valence-electron chi connectivity index (χ4n) is 1.84. The van der Waals surface area contributed by atoms with Gasteiger partial charge in [-0.3, -0.25) is 10.1 Å². The van der Waals surface area contributed by atoms with Crippen LogP contribution in [0, 0.1) is 10.1 Å². The second-order valence-corrected chi connectivity index (χ2v) is 4.69. The van der Waals surface area contributed by atoms with E-state index in [1.54, 1.807) is 13.0 Å². The summed E-state index contributed by atoms with van der Waals surface area (Å²) < 4.78 is 9.94. The van der Waals surface area contributed by atoms with Crippen LogP contribution < -0.4 is 0 Å². The molecule has 2 aromatic carbocycles. The second-order valence-electron chi connectivity index (χ2n) is 4.69. The lowest BCUT2D eigenvalue weighted by atomic mass is 10.1. The summed E-state index contributed by atoms with van der Waals surface area (Å²) in [7, 11) is 0. The molecule has 0 N–H and O–H groups in total. The molecule has 0 radical (unpaired) electrons. The van der Waals surface area contributed by atoms with E-state index >= 15 is 0 Å². The molecule has 0 fully saturated rings. The molecular formula is C17H15NO5. The van der Waals surface area contributed by atoms with Gasteiger partial charge in [-0.1, -0.05) is 30.3 Å². The summed E-state index contributed by atoms with van der Waals surface area (Å²) in [6.45, 7) is 1.66. The molecule has 23 heavy (non-hydrogen) atoms. The van der Waals surface area contributed by atoms with Crippen LogP contribution in [0.25, 0.3) is 6.08 Å². The molecule has 0 aliphatic rings. The number of ether oxygens (including phenoxy) is 2. The Bertz CT molecular complexity index is 695. The minimum atomic E-state index is -0.844. The lowest BCUT2D eigenvalue weighted by Crippen LogP contribution is -2.08. The standard InChI is InChI=1S/C17H15NO5/c1-13(15-7-9-16(10-8-15)18(20)21)23-17(19)22-12-11-14-5-3-2-4-6-14/h2-13H,1H3. The normalized spacial score (nSPS) is 11.9. The molecule has 0 heterocycles. The van der Waals surface area contributed by atoms with Gasteiger partial charge in [0.25, 0.3) is 5.69 Å². The summed E-state index contributed by atoms with van der Waals surface area (Å²) in [5, 5.41) is 10.6. The van der Waals surface area contributed by atoms with Crippen molar-refractivity contribution in [1.82, 2.24) is 0 Å². The maximum absolute atomic E-state index is 11.6. The fourth-order valence-corrected chi connectivity index (χ4v) is 1.84. The lowest BCUT2D eigenvalue weighted by Gasteiger charge is -2.12. The average molecular weight is 313 g/mol. The predicted octanol–water partition coefficient (Wildman–Crippen LogP) is 4.48. The molecule has 0 aliphatic heterocycles. The van der Waals surface area contributed by atoms with Gasteiger partial charge < -0.3 is 9.47 Å². The molecule has 0 bridgehead atoms. The third kappa shape index (κ3) is 4.96. The molecule has 1 unspecified atom stereocenters. The maximum atomic E-state index is 11.6. The van der Waals surface area contributed by atoms with Crippen LogP contribution in [-0.2, 0) is 9.47 Å². The molecule has 0 amide bonds. The van der Waals surface area contributed by atoms with Crippen LogP contribution in [0.3, 0.4) is 0 Å². The van der Waals surface area contributed by atoms with Gasteiger partial charge in [0.05, 0.1) is 11.2 Å². The van der Waals surface area contributed by atoms with E-state index in [2.05, 4.69) is 0 Å². The summed E-state index contributed by atoms with van der Waals surface area (Å²) in [6.07, 6.45) is 1.47. The number of non-ortho nitro benzene ring substituents is 1. The van der Waals surface area contributed by atoms with Gasteiger partial charge in [0.1, 0.15) is 6.10 Å². The molecule has 118 valence electrons. The van der Waals surface area contributed by atoms with E-state index in [-0.39, 0.29) is 5.69 Å². The highest BCUT2D eigenvalue weighted by molar-refractivity contribution is 5.62. The Kier molecular flexibility index (Phi) is 5.46. The van der Waals surface area contributed by atoms with Crippen molar-refractivity contribution < 1.29 is 19.2 Å². The molecule has 2 aromatic rings. The Hall–Kier alpha value is -3.15. The van der Waals surface area contributed by atoms with Crippen molar-refractivity contribution in [3.05, 3.63) is 82.1 Å². The number of carbonyl (C=O) groups excluding carboxylic acids is 1. The number of nitro groups is 1. The second kappa shape index (κ2) is 7.74. The smallest absolute Gasteiger partial charge is 0.426 e. The average Bonchev–Trinajstić information content (AvgIpc) is 2.56. The van der Waals surface area contributed by atoms with Crippen LogP contribution >= 0.6 is 0 Å². The number of nitrogens with zero attached hydrogens (tertiary/aromatic N) is 1. The van der Waals surface area contributed by atoms with Gasteiger partial charge in [-0.15, -0.1) is 0 Å². The molecular weight excluding hydrogens is 298 g/mol. The zero-order valence-electron chi connectivity index (χ0n) is 12.4. The molecule has 0 aliphatic carbocycles. The van der Waals surface area contributed by atoms with Gasteiger partial charge in [-0.25, -0.2) is 4.79 Å². The van der Waals surface area contributed by atoms with E-state index in [0.29, 0.717) is 5.56 Å². The molecule has 0 saturated carbocycles. The minimum Gasteiger partial charge on any atom is -0.426 e. The summed E-state index contributed by atoms with van der Waals surface area (Å²) in [6, 6.07) is 15.1. The highest BCUT2D eigenvalue weighted by Crippen LogP contribution is 2.20. The molecule has 6 heteroatoms.